The number of ketones is 1. The molecular weight excluding hydrogens is 398 g/mol. The summed E-state index contributed by atoms with van der Waals surface area (Å²) < 4.78 is 4.97. The van der Waals surface area contributed by atoms with Crippen LogP contribution in [-0.2, 0) is 19.1 Å². The van der Waals surface area contributed by atoms with Crippen molar-refractivity contribution >= 4 is 29.0 Å². The van der Waals surface area contributed by atoms with Crippen LogP contribution < -0.4 is 10.3 Å². The highest BCUT2D eigenvalue weighted by atomic mass is 16.5. The molecule has 168 valence electrons. The minimum atomic E-state index is -0.454. The van der Waals surface area contributed by atoms with Gasteiger partial charge in [0.15, 0.2) is 5.78 Å². The van der Waals surface area contributed by atoms with E-state index in [9.17, 15) is 14.4 Å². The van der Waals surface area contributed by atoms with Gasteiger partial charge in [0, 0.05) is 52.9 Å². The molecule has 1 saturated heterocycles. The first-order valence-electron chi connectivity index (χ1n) is 10.7. The van der Waals surface area contributed by atoms with Gasteiger partial charge >= 0.3 is 0 Å². The summed E-state index contributed by atoms with van der Waals surface area (Å²) >= 11 is 0. The average molecular weight is 430 g/mol. The number of Topliss-reactive ketones (excluding diaryl/α,β-unsaturated/α-hetero) is 1. The Morgan fingerprint density at radius 3 is 2.48 bits per heavy atom. The Labute approximate surface area is 183 Å². The fourth-order valence-corrected chi connectivity index (χ4v) is 3.77. The van der Waals surface area contributed by atoms with Crippen LogP contribution in [0.4, 0.5) is 5.69 Å². The normalized spacial score (nSPS) is 19.3. The van der Waals surface area contributed by atoms with Crippen molar-refractivity contribution in [2.45, 2.75) is 25.8 Å². The molecule has 1 aromatic rings. The van der Waals surface area contributed by atoms with Crippen molar-refractivity contribution in [3.8, 4) is 0 Å². The summed E-state index contributed by atoms with van der Waals surface area (Å²) in [5.41, 5.74) is 1.21. The molecule has 2 aliphatic rings. The molecule has 3 rings (SSSR count). The number of nitrogens with zero attached hydrogens (tertiary/aromatic N) is 4. The van der Waals surface area contributed by atoms with Crippen molar-refractivity contribution in [1.29, 1.82) is 0 Å². The zero-order chi connectivity index (χ0) is 22.2. The molecule has 31 heavy (non-hydrogen) atoms. The van der Waals surface area contributed by atoms with Crippen LogP contribution in [0, 0.1) is 0 Å². The van der Waals surface area contributed by atoms with Gasteiger partial charge < -0.3 is 15.0 Å². The number of amides is 2. The van der Waals surface area contributed by atoms with Gasteiger partial charge in [0.1, 0.15) is 11.8 Å². The minimum Gasteiger partial charge on any atom is -0.385 e. The summed E-state index contributed by atoms with van der Waals surface area (Å²) in [6.07, 6.45) is 1.10. The van der Waals surface area contributed by atoms with Crippen molar-refractivity contribution in [2.75, 3.05) is 58.0 Å². The number of ether oxygens (including phenoxy) is 1. The Bertz CT molecular complexity index is 805. The molecule has 0 saturated carbocycles. The lowest BCUT2D eigenvalue weighted by molar-refractivity contribution is -0.126. The SMILES string of the molecule is COCCCNC(=O)CN1CCN(C(=O)C2=NN(c3ccccc3)C(C(C)=O)C2)CC1. The third kappa shape index (κ3) is 6.11. The number of methoxy groups -OCH3 is 1. The Morgan fingerprint density at radius 1 is 1.13 bits per heavy atom. The molecule has 1 aromatic carbocycles. The number of carbonyl (C=O) groups excluding carboxylic acids is 3. The standard InChI is InChI=1S/C22H31N5O4/c1-17(28)20-15-19(24-27(20)18-7-4-3-5-8-18)22(30)26-12-10-25(11-13-26)16-21(29)23-9-6-14-31-2/h3-5,7-8,20H,6,9-16H2,1-2H3,(H,23,29). The molecule has 1 fully saturated rings. The van der Waals surface area contributed by atoms with Crippen LogP contribution in [0.1, 0.15) is 19.8 Å². The highest BCUT2D eigenvalue weighted by Gasteiger charge is 2.36. The van der Waals surface area contributed by atoms with E-state index in [1.54, 1.807) is 17.0 Å². The number of rotatable bonds is 9. The molecule has 9 nitrogen and oxygen atoms in total. The third-order valence-corrected chi connectivity index (χ3v) is 5.52. The van der Waals surface area contributed by atoms with E-state index in [-0.39, 0.29) is 17.6 Å². The smallest absolute Gasteiger partial charge is 0.270 e. The minimum absolute atomic E-state index is 0.0150. The van der Waals surface area contributed by atoms with Gasteiger partial charge in [-0.1, -0.05) is 18.2 Å². The second kappa shape index (κ2) is 11.0. The summed E-state index contributed by atoms with van der Waals surface area (Å²) in [5.74, 6) is -0.163. The number of hydrazone groups is 1. The number of hydrogen-bond acceptors (Lipinski definition) is 7. The summed E-state index contributed by atoms with van der Waals surface area (Å²) in [5, 5.41) is 9.04. The lowest BCUT2D eigenvalue weighted by Crippen LogP contribution is -2.52. The lowest BCUT2D eigenvalue weighted by atomic mass is 10.1. The van der Waals surface area contributed by atoms with Crippen LogP contribution in [0.15, 0.2) is 35.4 Å². The molecule has 1 N–H and O–H groups in total. The van der Waals surface area contributed by atoms with Crippen molar-refractivity contribution in [3.05, 3.63) is 30.3 Å². The Kier molecular flexibility index (Phi) is 8.13. The van der Waals surface area contributed by atoms with Crippen molar-refractivity contribution in [3.63, 3.8) is 0 Å². The molecule has 0 radical (unpaired) electrons. The van der Waals surface area contributed by atoms with E-state index >= 15 is 0 Å². The number of carbonyl (C=O) groups is 3. The molecule has 2 heterocycles. The summed E-state index contributed by atoms with van der Waals surface area (Å²) in [4.78, 5) is 41.0. The van der Waals surface area contributed by atoms with E-state index in [1.165, 1.54) is 6.92 Å². The van der Waals surface area contributed by atoms with Crippen LogP contribution in [0.3, 0.4) is 0 Å². The molecule has 0 spiro atoms. The highest BCUT2D eigenvalue weighted by Crippen LogP contribution is 2.25. The van der Waals surface area contributed by atoms with Crippen LogP contribution in [0.25, 0.3) is 0 Å². The third-order valence-electron chi connectivity index (χ3n) is 5.52. The molecule has 1 atom stereocenters. The molecule has 0 bridgehead atoms. The summed E-state index contributed by atoms with van der Waals surface area (Å²) in [7, 11) is 1.64. The molecule has 1 unspecified atom stereocenters. The number of nitrogens with one attached hydrogen (secondary N) is 1. The van der Waals surface area contributed by atoms with Crippen LogP contribution >= 0.6 is 0 Å². The first kappa shape index (κ1) is 22.9. The fourth-order valence-electron chi connectivity index (χ4n) is 3.77. The van der Waals surface area contributed by atoms with E-state index in [0.29, 0.717) is 58.0 Å². The highest BCUT2D eigenvalue weighted by molar-refractivity contribution is 6.40. The molecule has 0 aliphatic carbocycles. The predicted octanol–water partition coefficient (Wildman–Crippen LogP) is 0.507. The van der Waals surface area contributed by atoms with Gasteiger partial charge in [0.05, 0.1) is 12.2 Å². The fraction of sp³-hybridized carbons (Fsp3) is 0.545. The molecule has 2 aliphatic heterocycles. The first-order chi connectivity index (χ1) is 15.0. The van der Waals surface area contributed by atoms with Gasteiger partial charge in [-0.3, -0.25) is 24.3 Å². The van der Waals surface area contributed by atoms with Gasteiger partial charge in [0.25, 0.3) is 5.91 Å². The maximum absolute atomic E-state index is 13.0. The van der Waals surface area contributed by atoms with Gasteiger partial charge in [-0.15, -0.1) is 0 Å². The van der Waals surface area contributed by atoms with E-state index in [1.807, 2.05) is 35.2 Å². The Morgan fingerprint density at radius 2 is 1.84 bits per heavy atom. The Balaban J connectivity index is 1.52. The van der Waals surface area contributed by atoms with Gasteiger partial charge in [-0.25, -0.2) is 0 Å². The van der Waals surface area contributed by atoms with Gasteiger partial charge in [-0.2, -0.15) is 5.10 Å². The number of para-hydroxylation sites is 1. The quantitative estimate of drug-likeness (QED) is 0.575. The van der Waals surface area contributed by atoms with Crippen molar-refractivity contribution < 1.29 is 19.1 Å². The maximum atomic E-state index is 13.0. The molecule has 0 aromatic heterocycles. The molecule has 2 amide bonds. The molecule has 9 heteroatoms. The number of anilines is 1. The largest absolute Gasteiger partial charge is 0.385 e. The monoisotopic (exact) mass is 429 g/mol. The molecular formula is C22H31N5O4. The number of piperazine rings is 1. The van der Waals surface area contributed by atoms with Gasteiger partial charge in [0.2, 0.25) is 5.91 Å². The topological polar surface area (TPSA) is 94.6 Å². The van der Waals surface area contributed by atoms with E-state index in [2.05, 4.69) is 10.4 Å². The van der Waals surface area contributed by atoms with E-state index in [0.717, 1.165) is 12.1 Å². The van der Waals surface area contributed by atoms with Crippen LogP contribution in [-0.4, -0.2) is 92.1 Å². The Hall–Kier alpha value is -2.78. The van der Waals surface area contributed by atoms with Gasteiger partial charge in [-0.05, 0) is 25.5 Å². The first-order valence-corrected chi connectivity index (χ1v) is 10.7. The summed E-state index contributed by atoms with van der Waals surface area (Å²) in [6, 6.07) is 8.98. The van der Waals surface area contributed by atoms with E-state index in [4.69, 9.17) is 4.74 Å². The number of hydrogen-bond donors (Lipinski definition) is 1. The lowest BCUT2D eigenvalue weighted by Gasteiger charge is -2.34. The van der Waals surface area contributed by atoms with Crippen molar-refractivity contribution in [2.24, 2.45) is 5.10 Å². The summed E-state index contributed by atoms with van der Waals surface area (Å²) in [6.45, 7) is 5.39. The zero-order valence-corrected chi connectivity index (χ0v) is 18.2. The number of benzene rings is 1. The van der Waals surface area contributed by atoms with E-state index < -0.39 is 6.04 Å². The van der Waals surface area contributed by atoms with Crippen molar-refractivity contribution in [1.82, 2.24) is 15.1 Å². The average Bonchev–Trinajstić information content (AvgIpc) is 3.23. The second-order valence-electron chi connectivity index (χ2n) is 7.82. The maximum Gasteiger partial charge on any atom is 0.270 e. The van der Waals surface area contributed by atoms with Crippen LogP contribution in [0.5, 0.6) is 0 Å². The van der Waals surface area contributed by atoms with Crippen LogP contribution in [0.2, 0.25) is 0 Å². The second-order valence-corrected chi connectivity index (χ2v) is 7.82. The zero-order valence-electron chi connectivity index (χ0n) is 18.2. The predicted molar refractivity (Wildman–Crippen MR) is 118 cm³/mol.